The summed E-state index contributed by atoms with van der Waals surface area (Å²) in [6.07, 6.45) is 10.6. The van der Waals surface area contributed by atoms with Gasteiger partial charge in [0.25, 0.3) is 0 Å². The van der Waals surface area contributed by atoms with E-state index in [0.29, 0.717) is 12.0 Å². The molecular weight excluding hydrogens is 256 g/mol. The first kappa shape index (κ1) is 15.1. The van der Waals surface area contributed by atoms with Crippen LogP contribution < -0.4 is 11.3 Å². The first-order chi connectivity index (χ1) is 10.3. The van der Waals surface area contributed by atoms with Crippen LogP contribution in [0.15, 0.2) is 24.3 Å². The third-order valence-corrected chi connectivity index (χ3v) is 5.97. The number of benzene rings is 1. The Morgan fingerprint density at radius 2 is 2.10 bits per heavy atom. The topological polar surface area (TPSA) is 38.0 Å². The lowest BCUT2D eigenvalue weighted by atomic mass is 9.77. The monoisotopic (exact) mass is 286 g/mol. The Bertz CT molecular complexity index is 457. The molecule has 21 heavy (non-hydrogen) atoms. The second kappa shape index (κ2) is 6.93. The molecule has 3 N–H and O–H groups in total. The van der Waals surface area contributed by atoms with E-state index in [1.807, 2.05) is 0 Å². The fourth-order valence-electron chi connectivity index (χ4n) is 4.65. The molecule has 1 fully saturated rings. The predicted octanol–water partition coefficient (Wildman–Crippen LogP) is 4.15. The summed E-state index contributed by atoms with van der Waals surface area (Å²) in [5.74, 6) is 8.35. The Morgan fingerprint density at radius 1 is 1.24 bits per heavy atom. The van der Waals surface area contributed by atoms with Crippen molar-refractivity contribution >= 4 is 0 Å². The summed E-state index contributed by atoms with van der Waals surface area (Å²) in [6, 6.07) is 9.54. The van der Waals surface area contributed by atoms with Crippen LogP contribution in [0.4, 0.5) is 0 Å². The van der Waals surface area contributed by atoms with Crippen LogP contribution in [-0.2, 0) is 6.42 Å². The molecule has 0 radical (unpaired) electrons. The van der Waals surface area contributed by atoms with Crippen LogP contribution in [0, 0.1) is 11.8 Å². The maximum absolute atomic E-state index is 5.93. The second-order valence-corrected chi connectivity index (χ2v) is 7.14. The van der Waals surface area contributed by atoms with Crippen molar-refractivity contribution in [3.63, 3.8) is 0 Å². The van der Waals surface area contributed by atoms with Gasteiger partial charge in [0.15, 0.2) is 0 Å². The van der Waals surface area contributed by atoms with Crippen LogP contribution in [-0.4, -0.2) is 6.04 Å². The zero-order chi connectivity index (χ0) is 14.7. The van der Waals surface area contributed by atoms with Crippen molar-refractivity contribution in [2.45, 2.75) is 70.3 Å². The fourth-order valence-corrected chi connectivity index (χ4v) is 4.65. The highest BCUT2D eigenvalue weighted by atomic mass is 15.2. The Hall–Kier alpha value is -0.860. The molecule has 2 nitrogen and oxygen atoms in total. The van der Waals surface area contributed by atoms with Gasteiger partial charge in [-0.2, -0.15) is 0 Å². The molecule has 3 rings (SSSR count). The smallest absolute Gasteiger partial charge is 0.0244 e. The molecule has 2 aliphatic rings. The van der Waals surface area contributed by atoms with Gasteiger partial charge >= 0.3 is 0 Å². The third-order valence-electron chi connectivity index (χ3n) is 5.97. The first-order valence-corrected chi connectivity index (χ1v) is 8.85. The number of fused-ring (bicyclic) bond motifs is 1. The quantitative estimate of drug-likeness (QED) is 0.630. The highest BCUT2D eigenvalue weighted by molar-refractivity contribution is 5.32. The van der Waals surface area contributed by atoms with Crippen molar-refractivity contribution in [3.05, 3.63) is 35.4 Å². The largest absolute Gasteiger partial charge is 0.271 e. The highest BCUT2D eigenvalue weighted by Crippen LogP contribution is 2.40. The van der Waals surface area contributed by atoms with Gasteiger partial charge in [0.05, 0.1) is 0 Å². The van der Waals surface area contributed by atoms with Crippen LogP contribution in [0.25, 0.3) is 0 Å². The van der Waals surface area contributed by atoms with E-state index in [4.69, 9.17) is 5.84 Å². The molecule has 116 valence electrons. The van der Waals surface area contributed by atoms with Gasteiger partial charge in [0.2, 0.25) is 0 Å². The molecule has 0 heterocycles. The molecule has 1 saturated carbocycles. The Balaban J connectivity index is 1.68. The van der Waals surface area contributed by atoms with E-state index in [1.54, 1.807) is 11.1 Å². The SMILES string of the molecule is CCC1CCC(C(CC2CCCc3ccccc32)NN)C1. The lowest BCUT2D eigenvalue weighted by Gasteiger charge is -2.31. The van der Waals surface area contributed by atoms with Gasteiger partial charge in [-0.1, -0.05) is 44.0 Å². The molecule has 0 bridgehead atoms. The first-order valence-electron chi connectivity index (χ1n) is 8.85. The number of hydrogen-bond acceptors (Lipinski definition) is 2. The van der Waals surface area contributed by atoms with Crippen molar-refractivity contribution in [1.29, 1.82) is 0 Å². The molecule has 0 aliphatic heterocycles. The maximum Gasteiger partial charge on any atom is 0.0244 e. The van der Waals surface area contributed by atoms with Crippen LogP contribution in [0.3, 0.4) is 0 Å². The van der Waals surface area contributed by atoms with E-state index in [1.165, 1.54) is 51.4 Å². The lowest BCUT2D eigenvalue weighted by molar-refractivity contribution is 0.305. The summed E-state index contributed by atoms with van der Waals surface area (Å²) in [4.78, 5) is 0. The Labute approximate surface area is 129 Å². The van der Waals surface area contributed by atoms with E-state index >= 15 is 0 Å². The van der Waals surface area contributed by atoms with Gasteiger partial charge in [-0.25, -0.2) is 0 Å². The van der Waals surface area contributed by atoms with Crippen molar-refractivity contribution < 1.29 is 0 Å². The highest BCUT2D eigenvalue weighted by Gasteiger charge is 2.32. The van der Waals surface area contributed by atoms with E-state index < -0.39 is 0 Å². The van der Waals surface area contributed by atoms with Crippen LogP contribution in [0.5, 0.6) is 0 Å². The van der Waals surface area contributed by atoms with Crippen LogP contribution in [0.2, 0.25) is 0 Å². The minimum atomic E-state index is 0.498. The summed E-state index contributed by atoms with van der Waals surface area (Å²) in [6.45, 7) is 2.33. The van der Waals surface area contributed by atoms with E-state index in [2.05, 4.69) is 36.6 Å². The zero-order valence-electron chi connectivity index (χ0n) is 13.4. The zero-order valence-corrected chi connectivity index (χ0v) is 13.4. The van der Waals surface area contributed by atoms with Crippen LogP contribution in [0.1, 0.15) is 68.9 Å². The Morgan fingerprint density at radius 3 is 2.86 bits per heavy atom. The molecule has 2 heteroatoms. The van der Waals surface area contributed by atoms with Gasteiger partial charge in [-0.3, -0.25) is 11.3 Å². The van der Waals surface area contributed by atoms with Gasteiger partial charge in [0.1, 0.15) is 0 Å². The van der Waals surface area contributed by atoms with Crippen molar-refractivity contribution in [1.82, 2.24) is 5.43 Å². The summed E-state index contributed by atoms with van der Waals surface area (Å²) < 4.78 is 0. The van der Waals surface area contributed by atoms with E-state index in [9.17, 15) is 0 Å². The molecule has 4 atom stereocenters. The maximum atomic E-state index is 5.93. The molecule has 4 unspecified atom stereocenters. The minimum Gasteiger partial charge on any atom is -0.271 e. The Kier molecular flexibility index (Phi) is 4.97. The van der Waals surface area contributed by atoms with Crippen molar-refractivity contribution in [2.75, 3.05) is 0 Å². The molecule has 0 aromatic heterocycles. The molecular formula is C19H30N2. The number of rotatable bonds is 5. The summed E-state index contributed by atoms with van der Waals surface area (Å²) >= 11 is 0. The van der Waals surface area contributed by atoms with Crippen molar-refractivity contribution in [3.8, 4) is 0 Å². The van der Waals surface area contributed by atoms with Crippen molar-refractivity contribution in [2.24, 2.45) is 17.7 Å². The summed E-state index contributed by atoms with van der Waals surface area (Å²) in [7, 11) is 0. The minimum absolute atomic E-state index is 0.498. The number of nitrogens with two attached hydrogens (primary N) is 1. The normalized spacial score (nSPS) is 30.1. The van der Waals surface area contributed by atoms with E-state index in [0.717, 1.165) is 11.8 Å². The molecule has 1 aromatic carbocycles. The molecule has 1 aromatic rings. The summed E-state index contributed by atoms with van der Waals surface area (Å²) in [5.41, 5.74) is 6.33. The van der Waals surface area contributed by atoms with Gasteiger partial charge < -0.3 is 0 Å². The average molecular weight is 286 g/mol. The van der Waals surface area contributed by atoms with Gasteiger partial charge in [0, 0.05) is 6.04 Å². The average Bonchev–Trinajstić information content (AvgIpc) is 3.01. The number of hydrogen-bond donors (Lipinski definition) is 2. The number of nitrogens with one attached hydrogen (secondary N) is 1. The predicted molar refractivity (Wildman–Crippen MR) is 89.0 cm³/mol. The molecule has 0 amide bonds. The number of aryl methyl sites for hydroxylation is 1. The van der Waals surface area contributed by atoms with Gasteiger partial charge in [-0.05, 0) is 67.4 Å². The fraction of sp³-hybridized carbons (Fsp3) is 0.684. The van der Waals surface area contributed by atoms with E-state index in [-0.39, 0.29) is 0 Å². The molecule has 0 saturated heterocycles. The standard InChI is InChI=1S/C19H30N2/c1-2-14-10-11-17(12-14)19(21-20)13-16-8-5-7-15-6-3-4-9-18(15)16/h3-4,6,9,14,16-17,19,21H,2,5,7-8,10-13,20H2,1H3. The lowest BCUT2D eigenvalue weighted by Crippen LogP contribution is -2.41. The third kappa shape index (κ3) is 3.32. The van der Waals surface area contributed by atoms with Gasteiger partial charge in [-0.15, -0.1) is 0 Å². The van der Waals surface area contributed by atoms with Crippen LogP contribution >= 0.6 is 0 Å². The molecule has 0 spiro atoms. The summed E-state index contributed by atoms with van der Waals surface area (Å²) in [5, 5.41) is 0. The second-order valence-electron chi connectivity index (χ2n) is 7.14. The number of hydrazine groups is 1. The molecule has 2 aliphatic carbocycles.